The number of amides is 1. The summed E-state index contributed by atoms with van der Waals surface area (Å²) in [5.41, 5.74) is 2.33. The Morgan fingerprint density at radius 3 is 2.60 bits per heavy atom. The zero-order valence-electron chi connectivity index (χ0n) is 25.4. The Kier molecular flexibility index (Phi) is 10.2. The summed E-state index contributed by atoms with van der Waals surface area (Å²) in [6, 6.07) is 14.9. The molecule has 0 spiro atoms. The number of aliphatic hydroxyl groups excluding tert-OH is 1. The largest absolute Gasteiger partial charge is 0.573 e. The van der Waals surface area contributed by atoms with Crippen LogP contribution in [0.4, 0.5) is 28.9 Å². The molecule has 4 aromatic rings. The second-order valence-electron chi connectivity index (χ2n) is 10.4. The lowest BCUT2D eigenvalue weighted by atomic mass is 10.2. The number of ether oxygens (including phenoxy) is 2. The van der Waals surface area contributed by atoms with Gasteiger partial charge in [-0.1, -0.05) is 36.9 Å². The molecule has 0 saturated carbocycles. The van der Waals surface area contributed by atoms with E-state index in [1.165, 1.54) is 46.3 Å². The van der Waals surface area contributed by atoms with Crippen molar-refractivity contribution in [2.24, 2.45) is 4.99 Å². The topological polar surface area (TPSA) is 114 Å². The van der Waals surface area contributed by atoms with E-state index < -0.39 is 18.5 Å². The number of benzene rings is 3. The number of alkyl halides is 3. The predicted octanol–water partition coefficient (Wildman–Crippen LogP) is 6.78. The van der Waals surface area contributed by atoms with Gasteiger partial charge in [0, 0.05) is 0 Å². The summed E-state index contributed by atoms with van der Waals surface area (Å²) in [6.07, 6.45) is -1.18. The van der Waals surface area contributed by atoms with E-state index >= 15 is 4.39 Å². The van der Waals surface area contributed by atoms with E-state index in [9.17, 15) is 23.1 Å². The summed E-state index contributed by atoms with van der Waals surface area (Å²) in [5.74, 6) is -0.348. The Balaban J connectivity index is 1.25. The molecule has 5 rings (SSSR count). The first-order valence-corrected chi connectivity index (χ1v) is 15.4. The predicted molar refractivity (Wildman–Crippen MR) is 172 cm³/mol. The third-order valence-corrected chi connectivity index (χ3v) is 7.74. The van der Waals surface area contributed by atoms with Crippen molar-refractivity contribution in [3.8, 4) is 17.2 Å². The Morgan fingerprint density at radius 2 is 1.89 bits per heavy atom. The minimum atomic E-state index is -4.79. The van der Waals surface area contributed by atoms with Crippen LogP contribution in [0.2, 0.25) is 0 Å². The second kappa shape index (κ2) is 14.3. The van der Waals surface area contributed by atoms with Crippen molar-refractivity contribution in [1.29, 1.82) is 0 Å². The lowest BCUT2D eigenvalue weighted by Gasteiger charge is -2.23. The van der Waals surface area contributed by atoms with Crippen LogP contribution in [0.1, 0.15) is 37.2 Å². The number of thioether (sulfide) groups is 1. The van der Waals surface area contributed by atoms with E-state index in [1.54, 1.807) is 18.2 Å². The first kappa shape index (κ1) is 33.5. The number of rotatable bonds is 11. The van der Waals surface area contributed by atoms with Crippen molar-refractivity contribution in [3.05, 3.63) is 89.8 Å². The molecule has 10 nitrogen and oxygen atoms in total. The number of amidine groups is 1. The Morgan fingerprint density at radius 1 is 1.13 bits per heavy atom. The van der Waals surface area contributed by atoms with Crippen LogP contribution in [-0.2, 0) is 4.79 Å². The molecule has 3 aromatic carbocycles. The van der Waals surface area contributed by atoms with Gasteiger partial charge < -0.3 is 19.9 Å². The van der Waals surface area contributed by atoms with Crippen LogP contribution in [-0.4, -0.2) is 55.5 Å². The van der Waals surface area contributed by atoms with Gasteiger partial charge in [0.15, 0.2) is 11.0 Å². The van der Waals surface area contributed by atoms with Crippen molar-refractivity contribution in [3.63, 3.8) is 0 Å². The van der Waals surface area contributed by atoms with E-state index in [1.807, 2.05) is 32.9 Å². The molecule has 1 amide bonds. The number of halogens is 4. The molecule has 246 valence electrons. The highest BCUT2D eigenvalue weighted by Crippen LogP contribution is 2.36. The third-order valence-electron chi connectivity index (χ3n) is 6.80. The highest BCUT2D eigenvalue weighted by Gasteiger charge is 2.33. The Labute approximate surface area is 271 Å². The van der Waals surface area contributed by atoms with Crippen molar-refractivity contribution >= 4 is 46.4 Å². The fourth-order valence-corrected chi connectivity index (χ4v) is 5.26. The van der Waals surface area contributed by atoms with E-state index in [0.29, 0.717) is 22.7 Å². The van der Waals surface area contributed by atoms with Crippen LogP contribution in [0.5, 0.6) is 11.5 Å². The lowest BCUT2D eigenvalue weighted by molar-refractivity contribution is -0.274. The molecule has 1 aliphatic rings. The number of anilines is 2. The second-order valence-corrected chi connectivity index (χ2v) is 11.4. The van der Waals surface area contributed by atoms with Crippen LogP contribution >= 0.6 is 11.8 Å². The number of hydrogen-bond acceptors (Lipinski definition) is 9. The van der Waals surface area contributed by atoms with Gasteiger partial charge in [-0.05, 0) is 86.0 Å². The summed E-state index contributed by atoms with van der Waals surface area (Å²) in [5, 5.41) is 17.8. The molecular formula is C32H30F4N6O4S. The number of nitrogens with one attached hydrogen (secondary N) is 1. The summed E-state index contributed by atoms with van der Waals surface area (Å²) in [7, 11) is 0. The van der Waals surface area contributed by atoms with Gasteiger partial charge in [0.2, 0.25) is 12.3 Å². The number of aryl methyl sites for hydroxylation is 1. The molecule has 1 saturated heterocycles. The van der Waals surface area contributed by atoms with Crippen LogP contribution in [0.15, 0.2) is 72.0 Å². The van der Waals surface area contributed by atoms with E-state index in [2.05, 4.69) is 25.1 Å². The quantitative estimate of drug-likeness (QED) is 0.133. The summed E-state index contributed by atoms with van der Waals surface area (Å²) >= 11 is 1.15. The SMILES string of the molecule is CCC(C)Oc1ccc(C)cc1N1C(=O)CS/C1=N\C(O)Nc1ccc(/C=C/c2ncn(-c3ccc(OC(F)(F)F)cc3)n2)cc1F. The molecule has 2 heterocycles. The maximum Gasteiger partial charge on any atom is 0.573 e. The van der Waals surface area contributed by atoms with Gasteiger partial charge in [-0.3, -0.25) is 9.69 Å². The fourth-order valence-electron chi connectivity index (χ4n) is 4.37. The average Bonchev–Trinajstić information content (AvgIpc) is 3.64. The number of aliphatic hydroxyl groups is 1. The number of aromatic nitrogens is 3. The third kappa shape index (κ3) is 8.68. The van der Waals surface area contributed by atoms with Crippen molar-refractivity contribution in [2.45, 2.75) is 46.0 Å². The van der Waals surface area contributed by atoms with E-state index in [0.717, 1.165) is 35.9 Å². The van der Waals surface area contributed by atoms with Gasteiger partial charge in [0.1, 0.15) is 23.6 Å². The normalized spacial score (nSPS) is 15.8. The fraction of sp³-hybridized carbons (Fsp3) is 0.250. The number of carbonyl (C=O) groups is 1. The maximum atomic E-state index is 15.0. The molecule has 0 bridgehead atoms. The van der Waals surface area contributed by atoms with Crippen LogP contribution < -0.4 is 19.7 Å². The minimum absolute atomic E-state index is 0.0171. The highest BCUT2D eigenvalue weighted by molar-refractivity contribution is 8.15. The lowest BCUT2D eigenvalue weighted by Crippen LogP contribution is -2.32. The molecular weight excluding hydrogens is 640 g/mol. The Bertz CT molecular complexity index is 1800. The highest BCUT2D eigenvalue weighted by atomic mass is 32.2. The number of nitrogens with zero attached hydrogens (tertiary/aromatic N) is 5. The van der Waals surface area contributed by atoms with E-state index in [4.69, 9.17) is 4.74 Å². The average molecular weight is 671 g/mol. The minimum Gasteiger partial charge on any atom is -0.489 e. The smallest absolute Gasteiger partial charge is 0.489 e. The van der Waals surface area contributed by atoms with Crippen molar-refractivity contribution in [2.75, 3.05) is 16.0 Å². The van der Waals surface area contributed by atoms with Gasteiger partial charge in [-0.2, -0.15) is 0 Å². The zero-order valence-corrected chi connectivity index (χ0v) is 26.2. The molecule has 2 unspecified atom stereocenters. The van der Waals surface area contributed by atoms with E-state index in [-0.39, 0.29) is 40.2 Å². The summed E-state index contributed by atoms with van der Waals surface area (Å²) in [6.45, 7) is 5.82. The molecule has 47 heavy (non-hydrogen) atoms. The van der Waals surface area contributed by atoms with Crippen LogP contribution in [0, 0.1) is 12.7 Å². The number of hydrogen-bond donors (Lipinski definition) is 2. The van der Waals surface area contributed by atoms with Gasteiger partial charge in [0.25, 0.3) is 0 Å². The molecule has 2 atom stereocenters. The molecule has 0 aliphatic carbocycles. The monoisotopic (exact) mass is 670 g/mol. The molecule has 15 heteroatoms. The molecule has 1 fully saturated rings. The standard InChI is InChI=1S/C32H30F4N6O4S/c1-4-20(3)45-27-13-5-19(2)15-26(27)42-29(43)17-47-31(42)39-30(44)38-25-12-6-21(16-24(25)33)7-14-28-37-18-41(40-28)22-8-10-23(11-9-22)46-32(34,35)36/h5-16,18,20,30,38,44H,4,17H2,1-3H3/b14-7+,39-31-. The number of carbonyl (C=O) groups excluding carboxylic acids is 1. The Hall–Kier alpha value is -4.89. The van der Waals surface area contributed by atoms with Gasteiger partial charge >= 0.3 is 6.36 Å². The van der Waals surface area contributed by atoms with Crippen molar-refractivity contribution < 1.29 is 36.9 Å². The summed E-state index contributed by atoms with van der Waals surface area (Å²) < 4.78 is 63.5. The first-order valence-electron chi connectivity index (χ1n) is 14.4. The summed E-state index contributed by atoms with van der Waals surface area (Å²) in [4.78, 5) is 22.7. The van der Waals surface area contributed by atoms with Crippen molar-refractivity contribution in [1.82, 2.24) is 14.8 Å². The molecule has 1 aliphatic heterocycles. The number of aliphatic imine (C=N–C) groups is 1. The molecule has 0 radical (unpaired) electrons. The maximum absolute atomic E-state index is 15.0. The zero-order chi connectivity index (χ0) is 33.7. The van der Waals surface area contributed by atoms with Crippen LogP contribution in [0.3, 0.4) is 0 Å². The van der Waals surface area contributed by atoms with Gasteiger partial charge in [-0.15, -0.1) is 18.3 Å². The molecule has 2 N–H and O–H groups in total. The first-order chi connectivity index (χ1) is 22.4. The van der Waals surface area contributed by atoms with Gasteiger partial charge in [-0.25, -0.2) is 19.0 Å². The van der Waals surface area contributed by atoms with Crippen LogP contribution in [0.25, 0.3) is 17.8 Å². The molecule has 1 aromatic heterocycles. The van der Waals surface area contributed by atoms with Gasteiger partial charge in [0.05, 0.1) is 28.9 Å².